The third-order valence-corrected chi connectivity index (χ3v) is 1.71. The number of nitrogens with zero attached hydrogens (tertiary/aromatic N) is 1. The van der Waals surface area contributed by atoms with Crippen molar-refractivity contribution in [3.63, 3.8) is 0 Å². The Bertz CT molecular complexity index is 412. The molecule has 0 amide bonds. The lowest BCUT2D eigenvalue weighted by atomic mass is 10.0. The second-order valence-electron chi connectivity index (χ2n) is 3.23. The molecule has 0 spiro atoms. The fraction of sp³-hybridized carbons (Fsp3) is 0.0769. The van der Waals surface area contributed by atoms with Crippen molar-refractivity contribution in [3.8, 4) is 0 Å². The highest BCUT2D eigenvalue weighted by atomic mass is 16.6. The second kappa shape index (κ2) is 6.35. The number of hydrogen-bond acceptors (Lipinski definition) is 2. The van der Waals surface area contributed by atoms with Crippen LogP contribution in [0.25, 0.3) is 0 Å². The summed E-state index contributed by atoms with van der Waals surface area (Å²) in [5.74, 6) is 0. The summed E-state index contributed by atoms with van der Waals surface area (Å²) in [6.45, 7) is 16.1. The Labute approximate surface area is 95.6 Å². The molecular formula is C13H15NO2. The Morgan fingerprint density at radius 2 is 1.88 bits per heavy atom. The van der Waals surface area contributed by atoms with Gasteiger partial charge in [-0.15, -0.1) is 0 Å². The zero-order valence-electron chi connectivity index (χ0n) is 9.40. The molecule has 16 heavy (non-hydrogen) atoms. The number of hydrogen-bond donors (Lipinski definition) is 0. The Morgan fingerprint density at radius 3 is 2.25 bits per heavy atom. The molecule has 0 radical (unpaired) electrons. The van der Waals surface area contributed by atoms with E-state index in [1.807, 2.05) is 0 Å². The summed E-state index contributed by atoms with van der Waals surface area (Å²) in [7, 11) is 0. The Kier molecular flexibility index (Phi) is 5.49. The van der Waals surface area contributed by atoms with E-state index in [1.165, 1.54) is 6.08 Å². The van der Waals surface area contributed by atoms with Gasteiger partial charge in [0.05, 0.1) is 10.5 Å². The van der Waals surface area contributed by atoms with Gasteiger partial charge in [-0.1, -0.05) is 50.1 Å². The monoisotopic (exact) mass is 217 g/mol. The molecule has 0 saturated heterocycles. The van der Waals surface area contributed by atoms with Gasteiger partial charge in [-0.2, -0.15) is 0 Å². The predicted octanol–water partition coefficient (Wildman–Crippen LogP) is 3.58. The van der Waals surface area contributed by atoms with Gasteiger partial charge in [-0.05, 0) is 12.5 Å². The molecule has 0 unspecified atom stereocenters. The molecule has 0 fully saturated rings. The minimum Gasteiger partial charge on any atom is -0.258 e. The summed E-state index contributed by atoms with van der Waals surface area (Å²) >= 11 is 0. The van der Waals surface area contributed by atoms with Crippen LogP contribution in [0.2, 0.25) is 0 Å². The van der Waals surface area contributed by atoms with Gasteiger partial charge in [0.25, 0.3) is 5.70 Å². The fourth-order valence-electron chi connectivity index (χ4n) is 0.933. The zero-order chi connectivity index (χ0) is 12.7. The number of nitro groups is 1. The molecule has 0 aliphatic heterocycles. The molecular weight excluding hydrogens is 202 g/mol. The van der Waals surface area contributed by atoms with Crippen LogP contribution in [0.5, 0.6) is 0 Å². The van der Waals surface area contributed by atoms with Crippen LogP contribution in [0.3, 0.4) is 0 Å². The largest absolute Gasteiger partial charge is 0.276 e. The summed E-state index contributed by atoms with van der Waals surface area (Å²) < 4.78 is 0. The summed E-state index contributed by atoms with van der Waals surface area (Å²) in [6.07, 6.45) is 6.19. The summed E-state index contributed by atoms with van der Waals surface area (Å²) in [4.78, 5) is 10.3. The smallest absolute Gasteiger partial charge is 0.258 e. The molecule has 3 nitrogen and oxygen atoms in total. The standard InChI is InChI=1S/C13H15NO2/c1-6-7-8-11(4)12(5)13(14(15)16)9-10(2)3/h6-9H,1-2,4-5H2,3H3/b8-7-,13-9+. The lowest BCUT2D eigenvalue weighted by Crippen LogP contribution is -2.02. The van der Waals surface area contributed by atoms with Crippen molar-refractivity contribution in [2.24, 2.45) is 0 Å². The number of allylic oxidation sites excluding steroid dienone is 6. The van der Waals surface area contributed by atoms with Gasteiger partial charge in [0.15, 0.2) is 0 Å². The molecule has 0 aliphatic rings. The molecule has 0 rings (SSSR count). The SMILES string of the molecule is C=C/C=C\C(=C)C(=C)/C(=C\C(=C)C)[N+](=O)[O-]. The maximum atomic E-state index is 10.8. The minimum absolute atomic E-state index is 0.0915. The van der Waals surface area contributed by atoms with E-state index in [1.54, 1.807) is 25.2 Å². The van der Waals surface area contributed by atoms with E-state index in [0.29, 0.717) is 11.1 Å². The van der Waals surface area contributed by atoms with E-state index in [0.717, 1.165) is 0 Å². The van der Waals surface area contributed by atoms with Crippen molar-refractivity contribution >= 4 is 0 Å². The second-order valence-corrected chi connectivity index (χ2v) is 3.23. The average Bonchev–Trinajstić information content (AvgIpc) is 2.20. The van der Waals surface area contributed by atoms with Gasteiger partial charge < -0.3 is 0 Å². The summed E-state index contributed by atoms with van der Waals surface area (Å²) in [5.41, 5.74) is 1.25. The highest BCUT2D eigenvalue weighted by Crippen LogP contribution is 2.19. The first-order valence-electron chi connectivity index (χ1n) is 4.59. The molecule has 0 bridgehead atoms. The topological polar surface area (TPSA) is 43.1 Å². The highest BCUT2D eigenvalue weighted by molar-refractivity contribution is 5.47. The van der Waals surface area contributed by atoms with E-state index in [9.17, 15) is 10.1 Å². The Morgan fingerprint density at radius 1 is 1.31 bits per heavy atom. The van der Waals surface area contributed by atoms with Gasteiger partial charge in [-0.3, -0.25) is 10.1 Å². The normalized spacial score (nSPS) is 11.2. The summed E-state index contributed by atoms with van der Waals surface area (Å²) in [6, 6.07) is 0. The van der Waals surface area contributed by atoms with Gasteiger partial charge in [-0.25, -0.2) is 0 Å². The van der Waals surface area contributed by atoms with Crippen LogP contribution >= 0.6 is 0 Å². The van der Waals surface area contributed by atoms with E-state index < -0.39 is 4.92 Å². The van der Waals surface area contributed by atoms with Crippen molar-refractivity contribution in [3.05, 3.63) is 83.2 Å². The van der Waals surface area contributed by atoms with E-state index >= 15 is 0 Å². The van der Waals surface area contributed by atoms with Crippen LogP contribution in [0, 0.1) is 10.1 Å². The van der Waals surface area contributed by atoms with Gasteiger partial charge >= 0.3 is 0 Å². The maximum Gasteiger partial charge on any atom is 0.276 e. The molecule has 0 aromatic heterocycles. The van der Waals surface area contributed by atoms with Crippen molar-refractivity contribution in [2.45, 2.75) is 6.92 Å². The fourth-order valence-corrected chi connectivity index (χ4v) is 0.933. The van der Waals surface area contributed by atoms with Crippen LogP contribution in [0.15, 0.2) is 73.0 Å². The van der Waals surface area contributed by atoms with Crippen molar-refractivity contribution in [1.82, 2.24) is 0 Å². The highest BCUT2D eigenvalue weighted by Gasteiger charge is 2.16. The quantitative estimate of drug-likeness (QED) is 0.387. The van der Waals surface area contributed by atoms with Gasteiger partial charge in [0.1, 0.15) is 0 Å². The Balaban J connectivity index is 5.12. The predicted molar refractivity (Wildman–Crippen MR) is 67.5 cm³/mol. The van der Waals surface area contributed by atoms with Gasteiger partial charge in [0, 0.05) is 6.08 Å². The first-order chi connectivity index (χ1) is 7.40. The lowest BCUT2D eigenvalue weighted by molar-refractivity contribution is -0.420. The minimum atomic E-state index is -0.496. The molecule has 0 heterocycles. The molecule has 0 aliphatic carbocycles. The third-order valence-electron chi connectivity index (χ3n) is 1.71. The van der Waals surface area contributed by atoms with Crippen molar-refractivity contribution < 1.29 is 4.92 Å². The first-order valence-corrected chi connectivity index (χ1v) is 4.59. The molecule has 3 heteroatoms. The van der Waals surface area contributed by atoms with Crippen LogP contribution in [-0.2, 0) is 0 Å². The molecule has 84 valence electrons. The van der Waals surface area contributed by atoms with E-state index in [4.69, 9.17) is 0 Å². The summed E-state index contributed by atoms with van der Waals surface area (Å²) in [5, 5.41) is 10.8. The lowest BCUT2D eigenvalue weighted by Gasteiger charge is -2.02. The molecule has 0 saturated carbocycles. The third kappa shape index (κ3) is 4.37. The average molecular weight is 217 g/mol. The number of rotatable bonds is 6. The van der Waals surface area contributed by atoms with E-state index in [-0.39, 0.29) is 11.3 Å². The Hall–Kier alpha value is -2.16. The van der Waals surface area contributed by atoms with Gasteiger partial charge in [0.2, 0.25) is 0 Å². The van der Waals surface area contributed by atoms with Crippen molar-refractivity contribution in [2.75, 3.05) is 0 Å². The zero-order valence-corrected chi connectivity index (χ0v) is 9.40. The molecule has 0 atom stereocenters. The van der Waals surface area contributed by atoms with Crippen LogP contribution in [0.1, 0.15) is 6.92 Å². The van der Waals surface area contributed by atoms with Crippen LogP contribution in [-0.4, -0.2) is 4.92 Å². The van der Waals surface area contributed by atoms with Crippen LogP contribution in [0.4, 0.5) is 0 Å². The first kappa shape index (κ1) is 13.8. The van der Waals surface area contributed by atoms with Crippen molar-refractivity contribution in [1.29, 1.82) is 0 Å². The van der Waals surface area contributed by atoms with Crippen LogP contribution < -0.4 is 0 Å². The molecule has 0 aromatic rings. The van der Waals surface area contributed by atoms with E-state index in [2.05, 4.69) is 26.3 Å². The molecule has 0 aromatic carbocycles. The molecule has 0 N–H and O–H groups in total. The maximum absolute atomic E-state index is 10.8.